The third-order valence-electron chi connectivity index (χ3n) is 3.49. The molecule has 4 N–H and O–H groups in total. The minimum atomic E-state index is -0.811. The number of hydrogen-bond donors (Lipinski definition) is 3. The molecule has 0 unspecified atom stereocenters. The molecule has 12 heteroatoms. The van der Waals surface area contributed by atoms with Gasteiger partial charge in [0.2, 0.25) is 11.8 Å². The summed E-state index contributed by atoms with van der Waals surface area (Å²) in [5, 5.41) is 3.59. The molecule has 2 aromatic carbocycles. The quantitative estimate of drug-likeness (QED) is 0.273. The Morgan fingerprint density at radius 1 is 0.968 bits per heavy atom. The lowest BCUT2D eigenvalue weighted by Gasteiger charge is -2.21. The van der Waals surface area contributed by atoms with Crippen LogP contribution in [0, 0.1) is 23.3 Å². The van der Waals surface area contributed by atoms with E-state index in [1.807, 2.05) is 0 Å². The van der Waals surface area contributed by atoms with Gasteiger partial charge in [-0.2, -0.15) is 0 Å². The van der Waals surface area contributed by atoms with Crippen LogP contribution in [-0.2, 0) is 9.59 Å². The molecule has 0 saturated carbocycles. The van der Waals surface area contributed by atoms with Crippen molar-refractivity contribution in [3.05, 3.63) is 70.8 Å². The molecule has 0 aliphatic carbocycles. The van der Waals surface area contributed by atoms with Gasteiger partial charge in [0.15, 0.2) is 0 Å². The van der Waals surface area contributed by atoms with E-state index in [9.17, 15) is 27.2 Å². The zero-order chi connectivity index (χ0) is 23.7. The molecule has 0 aliphatic rings. The summed E-state index contributed by atoms with van der Waals surface area (Å²) in [6.45, 7) is 0. The number of primary amides is 1. The second-order valence-electron chi connectivity index (χ2n) is 5.87. The van der Waals surface area contributed by atoms with E-state index in [0.29, 0.717) is 0 Å². The number of nitrogens with one attached hydrogen (secondary N) is 2. The highest BCUT2D eigenvalue weighted by molar-refractivity contribution is 7.81. The third-order valence-corrected chi connectivity index (χ3v) is 4.41. The van der Waals surface area contributed by atoms with E-state index in [1.165, 1.54) is 7.05 Å². The summed E-state index contributed by atoms with van der Waals surface area (Å²) in [7, 11) is 2.90. The fourth-order valence-corrected chi connectivity index (χ4v) is 2.44. The van der Waals surface area contributed by atoms with Crippen LogP contribution < -0.4 is 16.5 Å². The van der Waals surface area contributed by atoms with Gasteiger partial charge in [0.1, 0.15) is 39.7 Å². The summed E-state index contributed by atoms with van der Waals surface area (Å²) in [5.41, 5.74) is 6.98. The maximum Gasteiger partial charge on any atom is 0.247 e. The number of halogens is 4. The van der Waals surface area contributed by atoms with Gasteiger partial charge in [-0.15, -0.1) is 0 Å². The highest BCUT2D eigenvalue weighted by Crippen LogP contribution is 2.12. The van der Waals surface area contributed by atoms with Crippen molar-refractivity contribution in [3.8, 4) is 0 Å². The van der Waals surface area contributed by atoms with Crippen LogP contribution in [0.15, 0.2) is 36.4 Å². The molecular formula is C19H18F4N4O2S2. The lowest BCUT2D eigenvalue weighted by molar-refractivity contribution is -0.129. The van der Waals surface area contributed by atoms with Crippen LogP contribution in [0.5, 0.6) is 0 Å². The molecule has 2 aromatic rings. The summed E-state index contributed by atoms with van der Waals surface area (Å²) < 4.78 is 52.0. The Kier molecular flexibility index (Phi) is 9.96. The smallest absolute Gasteiger partial charge is 0.247 e. The molecule has 0 radical (unpaired) electrons. The van der Waals surface area contributed by atoms with Crippen molar-refractivity contribution in [2.45, 2.75) is 6.42 Å². The van der Waals surface area contributed by atoms with E-state index in [4.69, 9.17) is 30.2 Å². The van der Waals surface area contributed by atoms with Gasteiger partial charge in [-0.25, -0.2) is 17.6 Å². The molecule has 2 amide bonds. The van der Waals surface area contributed by atoms with Gasteiger partial charge in [0.05, 0.1) is 0 Å². The molecule has 31 heavy (non-hydrogen) atoms. The van der Waals surface area contributed by atoms with Crippen molar-refractivity contribution in [3.63, 3.8) is 0 Å². The van der Waals surface area contributed by atoms with E-state index >= 15 is 0 Å². The van der Waals surface area contributed by atoms with Crippen LogP contribution >= 0.6 is 24.4 Å². The number of amides is 2. The lowest BCUT2D eigenvalue weighted by atomic mass is 10.2. The van der Waals surface area contributed by atoms with E-state index in [2.05, 4.69) is 10.7 Å². The van der Waals surface area contributed by atoms with Gasteiger partial charge < -0.3 is 11.1 Å². The maximum atomic E-state index is 13.5. The Hall–Kier alpha value is -3.12. The van der Waals surface area contributed by atoms with Crippen molar-refractivity contribution in [2.24, 2.45) is 5.73 Å². The molecule has 0 aromatic heterocycles. The first-order valence-corrected chi connectivity index (χ1v) is 9.26. The van der Waals surface area contributed by atoms with Crippen molar-refractivity contribution in [1.29, 1.82) is 0 Å². The first-order chi connectivity index (χ1) is 14.5. The molecule has 0 atom stereocenters. The monoisotopic (exact) mass is 474 g/mol. The molecule has 0 heterocycles. The SMILES string of the molecule is CN(NC(=O)CC(N)=O)C(=S)c1cc(F)ccc1F.CNC(=S)c1cc(F)ccc1F. The normalized spacial score (nSPS) is 9.74. The molecule has 0 saturated heterocycles. The van der Waals surface area contributed by atoms with Crippen LogP contribution in [0.3, 0.4) is 0 Å². The van der Waals surface area contributed by atoms with Crippen molar-refractivity contribution >= 4 is 46.2 Å². The zero-order valence-corrected chi connectivity index (χ0v) is 18.0. The number of carbonyl (C=O) groups is 2. The highest BCUT2D eigenvalue weighted by Gasteiger charge is 2.16. The van der Waals surface area contributed by atoms with Gasteiger partial charge in [0, 0.05) is 25.2 Å². The van der Waals surface area contributed by atoms with Crippen molar-refractivity contribution < 1.29 is 27.2 Å². The van der Waals surface area contributed by atoms with Crippen LogP contribution in [0.25, 0.3) is 0 Å². The Bertz CT molecular complexity index is 1000. The molecule has 0 spiro atoms. The van der Waals surface area contributed by atoms with Gasteiger partial charge in [-0.1, -0.05) is 24.4 Å². The average Bonchev–Trinajstić information content (AvgIpc) is 2.70. The molecule has 166 valence electrons. The molecule has 6 nitrogen and oxygen atoms in total. The molecular weight excluding hydrogens is 456 g/mol. The number of thiocarbonyl (C=S) groups is 2. The van der Waals surface area contributed by atoms with Gasteiger partial charge in [0.25, 0.3) is 0 Å². The minimum Gasteiger partial charge on any atom is -0.379 e. The van der Waals surface area contributed by atoms with E-state index in [0.717, 1.165) is 41.4 Å². The number of rotatable bonds is 4. The second-order valence-corrected chi connectivity index (χ2v) is 6.66. The Morgan fingerprint density at radius 3 is 1.94 bits per heavy atom. The number of nitrogens with zero attached hydrogens (tertiary/aromatic N) is 1. The largest absolute Gasteiger partial charge is 0.379 e. The fraction of sp³-hybridized carbons (Fsp3) is 0.158. The topological polar surface area (TPSA) is 87.5 Å². The molecule has 0 bridgehead atoms. The summed E-state index contributed by atoms with van der Waals surface area (Å²) in [4.78, 5) is 21.9. The maximum absolute atomic E-state index is 13.5. The summed E-state index contributed by atoms with van der Waals surface area (Å²) in [6, 6.07) is 5.96. The van der Waals surface area contributed by atoms with Crippen molar-refractivity contribution in [1.82, 2.24) is 15.8 Å². The van der Waals surface area contributed by atoms with Crippen LogP contribution in [0.4, 0.5) is 17.6 Å². The Morgan fingerprint density at radius 2 is 1.45 bits per heavy atom. The third kappa shape index (κ3) is 8.26. The van der Waals surface area contributed by atoms with Gasteiger partial charge in [-0.3, -0.25) is 20.0 Å². The predicted octanol–water partition coefficient (Wildman–Crippen LogP) is 2.34. The van der Waals surface area contributed by atoms with Crippen LogP contribution in [0.2, 0.25) is 0 Å². The van der Waals surface area contributed by atoms with Gasteiger partial charge >= 0.3 is 0 Å². The van der Waals surface area contributed by atoms with Crippen LogP contribution in [0.1, 0.15) is 17.5 Å². The number of hydrazine groups is 1. The number of nitrogens with two attached hydrogens (primary N) is 1. The standard InChI is InChI=1S/C11H11F2N3O2S.C8H7F2NS/c1-16(15-10(18)5-9(14)17)11(19)7-4-6(12)2-3-8(7)13;1-11-8(12)6-4-5(9)2-3-7(6)10/h2-4H,5H2,1H3,(H2,14,17)(H,15,18);2-4H,1H3,(H,11,12). The Balaban J connectivity index is 0.000000343. The summed E-state index contributed by atoms with van der Waals surface area (Å²) >= 11 is 9.66. The van der Waals surface area contributed by atoms with E-state index in [1.54, 1.807) is 7.05 Å². The summed E-state index contributed by atoms with van der Waals surface area (Å²) in [6.07, 6.45) is -0.529. The first kappa shape index (κ1) is 25.9. The highest BCUT2D eigenvalue weighted by atomic mass is 32.1. The summed E-state index contributed by atoms with van der Waals surface area (Å²) in [5.74, 6) is -3.90. The van der Waals surface area contributed by atoms with Gasteiger partial charge in [-0.05, 0) is 36.4 Å². The zero-order valence-electron chi connectivity index (χ0n) is 16.3. The van der Waals surface area contributed by atoms with E-state index < -0.39 is 41.5 Å². The molecule has 2 rings (SSSR count). The number of carbonyl (C=O) groups excluding carboxylic acids is 2. The fourth-order valence-electron chi connectivity index (χ4n) is 2.08. The molecule has 0 fully saturated rings. The first-order valence-electron chi connectivity index (χ1n) is 8.44. The average molecular weight is 475 g/mol. The number of hydrogen-bond acceptors (Lipinski definition) is 4. The predicted molar refractivity (Wildman–Crippen MR) is 115 cm³/mol. The Labute approximate surface area is 186 Å². The molecule has 0 aliphatic heterocycles. The lowest BCUT2D eigenvalue weighted by Crippen LogP contribution is -2.44. The van der Waals surface area contributed by atoms with E-state index in [-0.39, 0.29) is 21.1 Å². The minimum absolute atomic E-state index is 0.0903. The van der Waals surface area contributed by atoms with Crippen LogP contribution in [-0.4, -0.2) is 40.9 Å². The van der Waals surface area contributed by atoms with Crippen molar-refractivity contribution in [2.75, 3.05) is 14.1 Å². The number of benzene rings is 2. The second kappa shape index (κ2) is 11.9.